The summed E-state index contributed by atoms with van der Waals surface area (Å²) in [5.41, 5.74) is 0.795. The van der Waals surface area contributed by atoms with Gasteiger partial charge in [0.25, 0.3) is 10.0 Å². The molecule has 0 atom stereocenters. The van der Waals surface area contributed by atoms with Crippen molar-refractivity contribution in [2.24, 2.45) is 0 Å². The van der Waals surface area contributed by atoms with Gasteiger partial charge in [-0.1, -0.05) is 24.3 Å². The molecule has 0 spiro atoms. The van der Waals surface area contributed by atoms with E-state index in [9.17, 15) is 17.2 Å². The third kappa shape index (κ3) is 3.61. The van der Waals surface area contributed by atoms with E-state index in [0.717, 1.165) is 18.2 Å². The van der Waals surface area contributed by atoms with Crippen LogP contribution in [0.15, 0.2) is 47.4 Å². The highest BCUT2D eigenvalue weighted by atomic mass is 32.2. The van der Waals surface area contributed by atoms with Crippen LogP contribution in [0.25, 0.3) is 0 Å². The van der Waals surface area contributed by atoms with Gasteiger partial charge in [0.15, 0.2) is 4.90 Å². The quantitative estimate of drug-likeness (QED) is 0.886. The number of halogens is 2. The van der Waals surface area contributed by atoms with Gasteiger partial charge in [0.2, 0.25) is 0 Å². The van der Waals surface area contributed by atoms with Gasteiger partial charge >= 0.3 is 0 Å². The number of rotatable bonds is 6. The van der Waals surface area contributed by atoms with Crippen LogP contribution in [0.1, 0.15) is 12.5 Å². The summed E-state index contributed by atoms with van der Waals surface area (Å²) in [5.74, 6) is -2.29. The van der Waals surface area contributed by atoms with Crippen molar-refractivity contribution in [3.8, 4) is 0 Å². The van der Waals surface area contributed by atoms with Crippen LogP contribution in [0.3, 0.4) is 0 Å². The minimum absolute atomic E-state index is 0.189. The Balaban J connectivity index is 2.38. The molecule has 118 valence electrons. The molecule has 0 saturated carbocycles. The van der Waals surface area contributed by atoms with Gasteiger partial charge in [0.1, 0.15) is 11.6 Å². The van der Waals surface area contributed by atoms with Gasteiger partial charge in [0.05, 0.1) is 12.3 Å². The molecule has 2 aromatic rings. The molecule has 0 aliphatic heterocycles. The normalized spacial score (nSPS) is 11.4. The van der Waals surface area contributed by atoms with Crippen LogP contribution in [0.2, 0.25) is 0 Å². The van der Waals surface area contributed by atoms with Crippen LogP contribution in [0.4, 0.5) is 14.5 Å². The maximum absolute atomic E-state index is 13.7. The van der Waals surface area contributed by atoms with Crippen molar-refractivity contribution in [2.45, 2.75) is 18.4 Å². The van der Waals surface area contributed by atoms with E-state index in [1.165, 1.54) is 6.07 Å². The third-order valence-corrected chi connectivity index (χ3v) is 4.33. The Morgan fingerprint density at radius 1 is 1.05 bits per heavy atom. The number of para-hydroxylation sites is 1. The second-order valence-electron chi connectivity index (χ2n) is 4.45. The number of hydrogen-bond acceptors (Lipinski definition) is 3. The molecule has 0 radical (unpaired) electrons. The van der Waals surface area contributed by atoms with Crippen molar-refractivity contribution in [1.29, 1.82) is 0 Å². The Kier molecular flexibility index (Phi) is 5.10. The number of nitrogens with one attached hydrogen (secondary N) is 1. The molecular formula is C15H15F2NO3S. The van der Waals surface area contributed by atoms with E-state index in [-0.39, 0.29) is 12.3 Å². The van der Waals surface area contributed by atoms with E-state index in [1.807, 2.05) is 6.92 Å². The van der Waals surface area contributed by atoms with Crippen molar-refractivity contribution in [3.05, 3.63) is 59.7 Å². The number of ether oxygens (including phenoxy) is 1. The largest absolute Gasteiger partial charge is 0.377 e. The molecule has 1 N–H and O–H groups in total. The van der Waals surface area contributed by atoms with E-state index in [2.05, 4.69) is 4.72 Å². The third-order valence-electron chi connectivity index (χ3n) is 2.91. The first-order valence-corrected chi connectivity index (χ1v) is 8.06. The molecule has 2 aromatic carbocycles. The topological polar surface area (TPSA) is 55.4 Å². The fourth-order valence-corrected chi connectivity index (χ4v) is 3.13. The highest BCUT2D eigenvalue weighted by molar-refractivity contribution is 7.92. The highest BCUT2D eigenvalue weighted by Gasteiger charge is 2.24. The number of hydrogen-bond donors (Lipinski definition) is 1. The molecular weight excluding hydrogens is 312 g/mol. The molecule has 0 aliphatic rings. The molecule has 0 fully saturated rings. The smallest absolute Gasteiger partial charge is 0.267 e. The van der Waals surface area contributed by atoms with Gasteiger partial charge in [-0.25, -0.2) is 17.2 Å². The first kappa shape index (κ1) is 16.4. The number of anilines is 1. The predicted octanol–water partition coefficient (Wildman–Crippen LogP) is 3.30. The summed E-state index contributed by atoms with van der Waals surface area (Å²) in [6.07, 6.45) is 0. The Bertz CT molecular complexity index is 743. The summed E-state index contributed by atoms with van der Waals surface area (Å²) in [6.45, 7) is 2.46. The summed E-state index contributed by atoms with van der Waals surface area (Å²) in [4.78, 5) is -0.999. The monoisotopic (exact) mass is 327 g/mol. The van der Waals surface area contributed by atoms with Crippen LogP contribution < -0.4 is 4.72 Å². The van der Waals surface area contributed by atoms with Gasteiger partial charge < -0.3 is 4.74 Å². The Hall–Kier alpha value is -1.99. The SMILES string of the molecule is CCOCc1ccccc1NS(=O)(=O)c1c(F)cccc1F. The molecule has 0 aliphatic carbocycles. The fourth-order valence-electron chi connectivity index (χ4n) is 1.89. The van der Waals surface area contributed by atoms with Crippen molar-refractivity contribution in [3.63, 3.8) is 0 Å². The second kappa shape index (κ2) is 6.85. The molecule has 0 amide bonds. The first-order valence-electron chi connectivity index (χ1n) is 6.58. The zero-order valence-corrected chi connectivity index (χ0v) is 12.7. The average Bonchev–Trinajstić information content (AvgIpc) is 2.45. The van der Waals surface area contributed by atoms with Crippen LogP contribution in [0.5, 0.6) is 0 Å². The van der Waals surface area contributed by atoms with Crippen LogP contribution in [0, 0.1) is 11.6 Å². The van der Waals surface area contributed by atoms with Crippen molar-refractivity contribution in [2.75, 3.05) is 11.3 Å². The van der Waals surface area contributed by atoms with E-state index in [4.69, 9.17) is 4.74 Å². The maximum atomic E-state index is 13.7. The summed E-state index contributed by atoms with van der Waals surface area (Å²) >= 11 is 0. The standard InChI is InChI=1S/C15H15F2NO3S/c1-2-21-10-11-6-3-4-9-14(11)18-22(19,20)15-12(16)7-5-8-13(15)17/h3-9,18H,2,10H2,1H3. The molecule has 0 saturated heterocycles. The van der Waals surface area contributed by atoms with Crippen LogP contribution in [-0.2, 0) is 21.4 Å². The lowest BCUT2D eigenvalue weighted by molar-refractivity contribution is 0.134. The zero-order chi connectivity index (χ0) is 16.2. The second-order valence-corrected chi connectivity index (χ2v) is 6.07. The number of benzene rings is 2. The number of sulfonamides is 1. The summed E-state index contributed by atoms with van der Waals surface area (Å²) in [6, 6.07) is 9.40. The van der Waals surface area contributed by atoms with Crippen molar-refractivity contribution < 1.29 is 21.9 Å². The van der Waals surface area contributed by atoms with Gasteiger partial charge in [0, 0.05) is 12.2 Å². The van der Waals surface area contributed by atoms with Crippen molar-refractivity contribution >= 4 is 15.7 Å². The molecule has 7 heteroatoms. The zero-order valence-electron chi connectivity index (χ0n) is 11.8. The van der Waals surface area contributed by atoms with Crippen molar-refractivity contribution in [1.82, 2.24) is 0 Å². The molecule has 0 aromatic heterocycles. The van der Waals surface area contributed by atoms with Gasteiger partial charge in [-0.2, -0.15) is 0 Å². The molecule has 0 unspecified atom stereocenters. The van der Waals surface area contributed by atoms with Crippen LogP contribution in [-0.4, -0.2) is 15.0 Å². The van der Waals surface area contributed by atoms with E-state index < -0.39 is 26.6 Å². The molecule has 4 nitrogen and oxygen atoms in total. The van der Waals surface area contributed by atoms with Gasteiger partial charge in [-0.3, -0.25) is 4.72 Å². The first-order chi connectivity index (χ1) is 10.5. The lowest BCUT2D eigenvalue weighted by Crippen LogP contribution is -2.17. The van der Waals surface area contributed by atoms with Gasteiger partial charge in [-0.05, 0) is 25.1 Å². The van der Waals surface area contributed by atoms with E-state index in [0.29, 0.717) is 12.2 Å². The van der Waals surface area contributed by atoms with E-state index >= 15 is 0 Å². The Morgan fingerprint density at radius 3 is 2.32 bits per heavy atom. The lowest BCUT2D eigenvalue weighted by atomic mass is 10.2. The Morgan fingerprint density at radius 2 is 1.68 bits per heavy atom. The Labute approximate surface area is 127 Å². The summed E-state index contributed by atoms with van der Waals surface area (Å²) in [7, 11) is -4.38. The molecule has 22 heavy (non-hydrogen) atoms. The summed E-state index contributed by atoms with van der Waals surface area (Å²) in [5, 5.41) is 0. The molecule has 2 rings (SSSR count). The van der Waals surface area contributed by atoms with E-state index in [1.54, 1.807) is 18.2 Å². The minimum atomic E-state index is -4.38. The van der Waals surface area contributed by atoms with Crippen LogP contribution >= 0.6 is 0 Å². The lowest BCUT2D eigenvalue weighted by Gasteiger charge is -2.13. The minimum Gasteiger partial charge on any atom is -0.377 e. The average molecular weight is 327 g/mol. The molecule has 0 heterocycles. The fraction of sp³-hybridized carbons (Fsp3) is 0.200. The maximum Gasteiger partial charge on any atom is 0.267 e. The summed E-state index contributed by atoms with van der Waals surface area (Å²) < 4.78 is 59.3. The van der Waals surface area contributed by atoms with Gasteiger partial charge in [-0.15, -0.1) is 0 Å². The molecule has 0 bridgehead atoms. The predicted molar refractivity (Wildman–Crippen MR) is 78.9 cm³/mol. The highest BCUT2D eigenvalue weighted by Crippen LogP contribution is 2.24.